The van der Waals surface area contributed by atoms with E-state index in [4.69, 9.17) is 14.3 Å². The van der Waals surface area contributed by atoms with E-state index in [1.807, 2.05) is 4.98 Å². The van der Waals surface area contributed by atoms with Gasteiger partial charge in [-0.05, 0) is 27.7 Å². The van der Waals surface area contributed by atoms with Crippen LogP contribution >= 0.6 is 8.61 Å². The lowest BCUT2D eigenvalue weighted by Gasteiger charge is -2.25. The molecule has 5 atom stereocenters. The molecule has 2 rings (SSSR count). The van der Waals surface area contributed by atoms with Crippen LogP contribution in [0.5, 0.6) is 0 Å². The Bertz CT molecular complexity index is 857. The van der Waals surface area contributed by atoms with E-state index in [0.717, 1.165) is 28.6 Å². The van der Waals surface area contributed by atoms with Gasteiger partial charge in [-0.25, -0.2) is 9.18 Å². The van der Waals surface area contributed by atoms with Gasteiger partial charge in [-0.1, -0.05) is 4.83 Å². The molecule has 0 unspecified atom stereocenters. The van der Waals surface area contributed by atoms with E-state index in [2.05, 4.69) is 0 Å². The summed E-state index contributed by atoms with van der Waals surface area (Å²) in [5, 5.41) is 10.3. The fraction of sp³-hybridized carbons (Fsp3) is 0.688. The Morgan fingerprint density at radius 2 is 2.14 bits per heavy atom. The van der Waals surface area contributed by atoms with Crippen LogP contribution in [0.3, 0.4) is 0 Å². The Labute approximate surface area is 166 Å². The average Bonchev–Trinajstić information content (AvgIpc) is 2.85. The molecular weight excluding hydrogens is 412 g/mol. The van der Waals surface area contributed by atoms with Gasteiger partial charge in [-0.2, -0.15) is 0 Å². The van der Waals surface area contributed by atoms with Gasteiger partial charge in [0.05, 0.1) is 12.7 Å². The summed E-state index contributed by atoms with van der Waals surface area (Å²) in [4.78, 5) is 43.0. The zero-order chi connectivity index (χ0) is 21.9. The molecule has 1 fully saturated rings. The zero-order valence-electron chi connectivity index (χ0n) is 16.3. The first-order valence-electron chi connectivity index (χ1n) is 8.78. The minimum absolute atomic E-state index is 0.390. The summed E-state index contributed by atoms with van der Waals surface area (Å²) >= 11 is 0. The summed E-state index contributed by atoms with van der Waals surface area (Å²) in [5.74, 6) is -0.691. The molecule has 29 heavy (non-hydrogen) atoms. The molecule has 0 aromatic carbocycles. The summed E-state index contributed by atoms with van der Waals surface area (Å²) in [6.07, 6.45) is -3.86. The highest BCUT2D eigenvalue weighted by Crippen LogP contribution is 2.40. The summed E-state index contributed by atoms with van der Waals surface area (Å²) in [6.45, 7) is 5.25. The first-order chi connectivity index (χ1) is 13.5. The quantitative estimate of drug-likeness (QED) is 0.335. The van der Waals surface area contributed by atoms with Crippen molar-refractivity contribution in [2.75, 3.05) is 6.61 Å². The fourth-order valence-corrected chi connectivity index (χ4v) is 3.09. The van der Waals surface area contributed by atoms with E-state index in [-0.39, 0.29) is 0 Å². The Balaban J connectivity index is 2.11. The fourth-order valence-electron chi connectivity index (χ4n) is 2.74. The molecule has 11 nitrogen and oxygen atoms in total. The highest BCUT2D eigenvalue weighted by molar-refractivity contribution is 7.20. The van der Waals surface area contributed by atoms with Gasteiger partial charge in [0.25, 0.3) is 14.2 Å². The lowest BCUT2D eigenvalue weighted by Crippen LogP contribution is -2.44. The zero-order valence-corrected chi connectivity index (χ0v) is 17.2. The highest BCUT2D eigenvalue weighted by Gasteiger charge is 2.55. The molecule has 0 radical (unpaired) electrons. The Morgan fingerprint density at radius 3 is 2.69 bits per heavy atom. The molecule has 1 saturated heterocycles. The minimum Gasteiger partial charge on any atom is -0.462 e. The van der Waals surface area contributed by atoms with Crippen LogP contribution in [0.15, 0.2) is 21.9 Å². The number of rotatable bonds is 8. The summed E-state index contributed by atoms with van der Waals surface area (Å²) < 4.78 is 37.7. The second kappa shape index (κ2) is 9.23. The molecule has 162 valence electrons. The topological polar surface area (TPSA) is 140 Å². The van der Waals surface area contributed by atoms with E-state index < -0.39 is 68.7 Å². The van der Waals surface area contributed by atoms with Crippen LogP contribution in [0, 0.1) is 0 Å². The van der Waals surface area contributed by atoms with Crippen molar-refractivity contribution >= 4 is 14.6 Å². The number of ether oxygens (including phenoxy) is 2. The van der Waals surface area contributed by atoms with E-state index in [0.29, 0.717) is 0 Å². The first kappa shape index (κ1) is 23.3. The van der Waals surface area contributed by atoms with Gasteiger partial charge < -0.3 is 14.6 Å². The number of hydrogen-bond acceptors (Lipinski definition) is 8. The molecule has 0 aliphatic carbocycles. The number of aliphatic hydroxyl groups is 1. The van der Waals surface area contributed by atoms with E-state index in [1.165, 1.54) is 6.92 Å². The van der Waals surface area contributed by atoms with Gasteiger partial charge >= 0.3 is 11.7 Å². The number of nitrogens with one attached hydrogen (secondary N) is 1. The molecule has 0 saturated carbocycles. The van der Waals surface area contributed by atoms with E-state index >= 15 is 4.39 Å². The largest absolute Gasteiger partial charge is 0.462 e. The number of halogens is 1. The molecule has 1 aliphatic rings. The smallest absolute Gasteiger partial charge is 0.330 e. The predicted octanol–water partition coefficient (Wildman–Crippen LogP) is 0.304. The normalized spacial score (nSPS) is 28.2. The molecule has 13 heteroatoms. The van der Waals surface area contributed by atoms with Gasteiger partial charge in [-0.15, -0.1) is 0 Å². The van der Waals surface area contributed by atoms with Gasteiger partial charge in [-0.3, -0.25) is 28.5 Å². The Morgan fingerprint density at radius 1 is 1.48 bits per heavy atom. The molecule has 2 heterocycles. The van der Waals surface area contributed by atoms with E-state index in [9.17, 15) is 24.1 Å². The minimum atomic E-state index is -2.40. The average molecular weight is 435 g/mol. The van der Waals surface area contributed by atoms with Gasteiger partial charge in [0, 0.05) is 12.3 Å². The molecule has 1 aliphatic heterocycles. The highest BCUT2D eigenvalue weighted by atomic mass is 31.1. The third kappa shape index (κ3) is 5.14. The number of carbonyl (C=O) groups excluding carboxylic acids is 1. The molecule has 1 aromatic rings. The second-order valence-corrected chi connectivity index (χ2v) is 7.54. The van der Waals surface area contributed by atoms with Crippen molar-refractivity contribution < 1.29 is 33.2 Å². The predicted molar refractivity (Wildman–Crippen MR) is 96.8 cm³/mol. The molecule has 0 spiro atoms. The number of alkyl halides is 1. The molecule has 0 bridgehead atoms. The number of esters is 1. The maximum atomic E-state index is 15.1. The van der Waals surface area contributed by atoms with Crippen LogP contribution in [0.25, 0.3) is 0 Å². The molecule has 2 N–H and O–H groups in total. The van der Waals surface area contributed by atoms with Crippen LogP contribution in [0.2, 0.25) is 0 Å². The van der Waals surface area contributed by atoms with Gasteiger partial charge in [0.15, 0.2) is 11.9 Å². The van der Waals surface area contributed by atoms with Crippen LogP contribution in [0.4, 0.5) is 4.39 Å². The Hall–Kier alpha value is -1.98. The van der Waals surface area contributed by atoms with Crippen molar-refractivity contribution in [1.82, 2.24) is 14.4 Å². The summed E-state index contributed by atoms with van der Waals surface area (Å²) in [7, 11) is -0.665. The lowest BCUT2D eigenvalue weighted by atomic mass is 9.98. The number of hydroxylamine groups is 1. The number of hydrogen-bond donors (Lipinski definition) is 2. The second-order valence-electron chi connectivity index (χ2n) is 6.98. The first-order valence-corrected chi connectivity index (χ1v) is 9.55. The maximum Gasteiger partial charge on any atom is 0.330 e. The van der Waals surface area contributed by atoms with Crippen molar-refractivity contribution in [1.29, 1.82) is 0 Å². The van der Waals surface area contributed by atoms with Crippen molar-refractivity contribution in [3.8, 4) is 0 Å². The maximum absolute atomic E-state index is 15.1. The van der Waals surface area contributed by atoms with E-state index in [1.54, 1.807) is 13.8 Å². The summed E-state index contributed by atoms with van der Waals surface area (Å²) in [5.41, 5.74) is -3.99. The van der Waals surface area contributed by atoms with Gasteiger partial charge in [0.1, 0.15) is 18.2 Å². The number of nitrogens with zero attached hydrogens (tertiary/aromatic N) is 2. The monoisotopic (exact) mass is 435 g/mol. The van der Waals surface area contributed by atoms with Crippen LogP contribution < -0.4 is 11.2 Å². The van der Waals surface area contributed by atoms with Crippen molar-refractivity contribution in [3.05, 3.63) is 33.1 Å². The van der Waals surface area contributed by atoms with Crippen molar-refractivity contribution in [3.63, 3.8) is 0 Å². The van der Waals surface area contributed by atoms with Gasteiger partial charge in [0.2, 0.25) is 0 Å². The lowest BCUT2D eigenvalue weighted by molar-refractivity contribution is -0.180. The number of aliphatic hydroxyl groups excluding tert-OH is 1. The number of carbonyl (C=O) groups is 1. The Kier molecular flexibility index (Phi) is 7.41. The van der Waals surface area contributed by atoms with Crippen molar-refractivity contribution in [2.45, 2.75) is 63.9 Å². The van der Waals surface area contributed by atoms with Crippen LogP contribution in [0.1, 0.15) is 33.9 Å². The van der Waals surface area contributed by atoms with Crippen LogP contribution in [-0.2, 0) is 23.7 Å². The SMILES string of the molecule is CC(C)OC(=O)[C@H](C)N(OC[C@H]1O[C@@H](n2ccc(=O)[nH]c2=O)[C@](C)(F)[C@@H]1O)P=O. The standard InChI is InChI=1S/C16H23FN3O8P/c1-8(2)27-13(23)9(3)20(29-25)26-7-10-12(22)16(4,17)14(28-10)19-6-5-11(21)18-15(19)24/h5-6,8-10,12,14,22H,7H2,1-4H3,(H,18,21,24)/t9-,10+,12+,14+,16+/m0/s1. The number of aromatic nitrogens is 2. The third-order valence-corrected chi connectivity index (χ3v) is 4.92. The summed E-state index contributed by atoms with van der Waals surface area (Å²) in [6, 6.07) is -0.0404. The number of aromatic amines is 1. The number of H-pyrrole nitrogens is 1. The molecular formula is C16H23FN3O8P. The molecule has 1 aromatic heterocycles. The molecule has 0 amide bonds. The third-order valence-electron chi connectivity index (χ3n) is 4.30. The van der Waals surface area contributed by atoms with Crippen LogP contribution in [-0.4, -0.2) is 62.1 Å². The van der Waals surface area contributed by atoms with Crippen molar-refractivity contribution in [2.24, 2.45) is 0 Å².